The number of aryl methyl sites for hydroxylation is 1. The number of para-hydroxylation sites is 1. The summed E-state index contributed by atoms with van der Waals surface area (Å²) in [5, 5.41) is 0.701. The van der Waals surface area contributed by atoms with Crippen molar-refractivity contribution in [3.63, 3.8) is 0 Å². The largest absolute Gasteiger partial charge is 0.290 e. The molecule has 1 saturated carbocycles. The van der Waals surface area contributed by atoms with Gasteiger partial charge in [0.2, 0.25) is 17.7 Å². The highest BCUT2D eigenvalue weighted by molar-refractivity contribution is 8.14. The maximum atomic E-state index is 12.8. The fourth-order valence-corrected chi connectivity index (χ4v) is 5.28. The maximum Gasteiger partial charge on any atom is 0.233 e. The number of amides is 3. The van der Waals surface area contributed by atoms with Crippen molar-refractivity contribution in [1.82, 2.24) is 9.80 Å². The lowest BCUT2D eigenvalue weighted by atomic mass is 9.81. The van der Waals surface area contributed by atoms with E-state index in [0.717, 1.165) is 42.7 Å². The second-order valence-electron chi connectivity index (χ2n) is 7.65. The number of nitrogens with zero attached hydrogens (tertiary/aromatic N) is 3. The molecule has 3 aliphatic rings. The van der Waals surface area contributed by atoms with Crippen LogP contribution in [0, 0.1) is 18.8 Å². The molecule has 0 bridgehead atoms. The van der Waals surface area contributed by atoms with Gasteiger partial charge in [-0.1, -0.05) is 42.8 Å². The van der Waals surface area contributed by atoms with Crippen LogP contribution in [0.1, 0.15) is 37.7 Å². The first kappa shape index (κ1) is 19.2. The molecule has 0 aromatic heterocycles. The molecule has 1 aromatic rings. The molecule has 0 spiro atoms. The van der Waals surface area contributed by atoms with Crippen LogP contribution in [0.4, 0.5) is 5.69 Å². The number of carbonyl (C=O) groups excluding carboxylic acids is 3. The van der Waals surface area contributed by atoms with Crippen molar-refractivity contribution in [1.29, 1.82) is 0 Å². The van der Waals surface area contributed by atoms with Crippen LogP contribution in [-0.2, 0) is 14.4 Å². The zero-order valence-corrected chi connectivity index (χ0v) is 16.9. The smallest absolute Gasteiger partial charge is 0.233 e. The summed E-state index contributed by atoms with van der Waals surface area (Å²) in [6, 6.07) is 7.83. The standard InChI is InChI=1S/C21H25N3O3S/c1-14-6-2-5-9-17(14)22-21-23(12-13-28-21)18(25)10-11-24-19(26)15-7-3-4-8-16(15)20(24)27/h2,5-6,9,15-16H,3-4,7-8,10-13H2,1H3/t15-,16-/m0/s1. The predicted octanol–water partition coefficient (Wildman–Crippen LogP) is 3.12. The molecule has 0 unspecified atom stereocenters. The van der Waals surface area contributed by atoms with Crippen LogP contribution in [0.2, 0.25) is 0 Å². The lowest BCUT2D eigenvalue weighted by Gasteiger charge is -2.19. The number of rotatable bonds is 4. The maximum absolute atomic E-state index is 12.8. The Morgan fingerprint density at radius 1 is 1.14 bits per heavy atom. The summed E-state index contributed by atoms with van der Waals surface area (Å²) < 4.78 is 0. The van der Waals surface area contributed by atoms with Crippen LogP contribution < -0.4 is 0 Å². The minimum Gasteiger partial charge on any atom is -0.290 e. The molecular formula is C21H25N3O3S. The molecule has 2 aliphatic heterocycles. The van der Waals surface area contributed by atoms with Crippen LogP contribution in [-0.4, -0.2) is 51.5 Å². The van der Waals surface area contributed by atoms with Crippen LogP contribution in [0.5, 0.6) is 0 Å². The van der Waals surface area contributed by atoms with Crippen molar-refractivity contribution in [2.75, 3.05) is 18.8 Å². The first-order valence-corrected chi connectivity index (χ1v) is 11.0. The van der Waals surface area contributed by atoms with Gasteiger partial charge in [0.05, 0.1) is 17.5 Å². The minimum atomic E-state index is -0.156. The van der Waals surface area contributed by atoms with Crippen molar-refractivity contribution < 1.29 is 14.4 Å². The topological polar surface area (TPSA) is 70.1 Å². The Morgan fingerprint density at radius 2 is 1.82 bits per heavy atom. The normalized spacial score (nSPS) is 26.2. The molecule has 2 atom stereocenters. The lowest BCUT2D eigenvalue weighted by Crippen LogP contribution is -2.37. The predicted molar refractivity (Wildman–Crippen MR) is 109 cm³/mol. The number of imide groups is 1. The van der Waals surface area contributed by atoms with E-state index in [1.54, 1.807) is 16.7 Å². The number of hydrogen-bond acceptors (Lipinski definition) is 5. The minimum absolute atomic E-state index is 0.0761. The number of fused-ring (bicyclic) bond motifs is 1. The Hall–Kier alpha value is -2.15. The van der Waals surface area contributed by atoms with Gasteiger partial charge in [-0.2, -0.15) is 0 Å². The van der Waals surface area contributed by atoms with Crippen LogP contribution >= 0.6 is 11.8 Å². The Morgan fingerprint density at radius 3 is 2.50 bits per heavy atom. The molecular weight excluding hydrogens is 374 g/mol. The van der Waals surface area contributed by atoms with Crippen molar-refractivity contribution in [3.8, 4) is 0 Å². The first-order chi connectivity index (χ1) is 13.6. The van der Waals surface area contributed by atoms with E-state index in [9.17, 15) is 14.4 Å². The Kier molecular flexibility index (Phi) is 5.53. The summed E-state index contributed by atoms with van der Waals surface area (Å²) in [5.41, 5.74) is 1.92. The highest BCUT2D eigenvalue weighted by Crippen LogP contribution is 2.38. The highest BCUT2D eigenvalue weighted by Gasteiger charge is 2.48. The number of thioether (sulfide) groups is 1. The molecule has 3 fully saturated rings. The Bertz CT molecular complexity index is 814. The number of likely N-dealkylation sites (tertiary alicyclic amines) is 1. The van der Waals surface area contributed by atoms with E-state index in [4.69, 9.17) is 0 Å². The second kappa shape index (κ2) is 8.07. The van der Waals surface area contributed by atoms with Crippen molar-refractivity contribution >= 4 is 40.3 Å². The van der Waals surface area contributed by atoms with E-state index in [0.29, 0.717) is 11.7 Å². The van der Waals surface area contributed by atoms with Crippen LogP contribution in [0.15, 0.2) is 29.3 Å². The molecule has 3 amide bonds. The van der Waals surface area contributed by atoms with Gasteiger partial charge >= 0.3 is 0 Å². The molecule has 6 nitrogen and oxygen atoms in total. The summed E-state index contributed by atoms with van der Waals surface area (Å²) in [5.74, 6) is 0.267. The third kappa shape index (κ3) is 3.60. The molecule has 1 aromatic carbocycles. The highest BCUT2D eigenvalue weighted by atomic mass is 32.2. The second-order valence-corrected chi connectivity index (χ2v) is 8.71. The summed E-state index contributed by atoms with van der Waals surface area (Å²) in [7, 11) is 0. The molecule has 28 heavy (non-hydrogen) atoms. The monoisotopic (exact) mass is 399 g/mol. The van der Waals surface area contributed by atoms with Crippen LogP contribution in [0.3, 0.4) is 0 Å². The quantitative estimate of drug-likeness (QED) is 0.730. The number of benzene rings is 1. The van der Waals surface area contributed by atoms with Gasteiger partial charge in [0.25, 0.3) is 0 Å². The van der Waals surface area contributed by atoms with E-state index in [1.165, 1.54) is 4.90 Å². The number of aliphatic imine (C=N–C) groups is 1. The van der Waals surface area contributed by atoms with Gasteiger partial charge in [-0.3, -0.25) is 24.2 Å². The number of amidine groups is 1. The van der Waals surface area contributed by atoms with E-state index in [2.05, 4.69) is 4.99 Å². The van der Waals surface area contributed by atoms with E-state index < -0.39 is 0 Å². The lowest BCUT2D eigenvalue weighted by molar-refractivity contribution is -0.140. The molecule has 0 N–H and O–H groups in total. The molecule has 148 valence electrons. The average Bonchev–Trinajstić information content (AvgIpc) is 3.26. The molecule has 2 saturated heterocycles. The van der Waals surface area contributed by atoms with Gasteiger partial charge in [-0.15, -0.1) is 0 Å². The molecule has 7 heteroatoms. The Labute approximate surface area is 169 Å². The van der Waals surface area contributed by atoms with Crippen molar-refractivity contribution in [3.05, 3.63) is 29.8 Å². The third-order valence-corrected chi connectivity index (χ3v) is 6.85. The SMILES string of the molecule is Cc1ccccc1N=C1SCCN1C(=O)CCN1C(=O)[C@H]2CCCC[C@@H]2C1=O. The summed E-state index contributed by atoms with van der Waals surface area (Å²) >= 11 is 1.57. The zero-order chi connectivity index (χ0) is 19.7. The number of hydrogen-bond donors (Lipinski definition) is 0. The van der Waals surface area contributed by atoms with Gasteiger partial charge < -0.3 is 0 Å². The van der Waals surface area contributed by atoms with Crippen LogP contribution in [0.25, 0.3) is 0 Å². The molecule has 4 rings (SSSR count). The van der Waals surface area contributed by atoms with Gasteiger partial charge in [0, 0.05) is 25.3 Å². The summed E-state index contributed by atoms with van der Waals surface area (Å²) in [4.78, 5) is 45.6. The van der Waals surface area contributed by atoms with Gasteiger partial charge in [-0.25, -0.2) is 4.99 Å². The van der Waals surface area contributed by atoms with E-state index >= 15 is 0 Å². The summed E-state index contributed by atoms with van der Waals surface area (Å²) in [6.45, 7) is 2.79. The fourth-order valence-electron chi connectivity index (χ4n) is 4.31. The Balaban J connectivity index is 1.41. The molecule has 0 radical (unpaired) electrons. The molecule has 2 heterocycles. The number of carbonyl (C=O) groups is 3. The zero-order valence-electron chi connectivity index (χ0n) is 16.1. The average molecular weight is 400 g/mol. The van der Waals surface area contributed by atoms with Gasteiger partial charge in [0.15, 0.2) is 5.17 Å². The van der Waals surface area contributed by atoms with E-state index in [-0.39, 0.29) is 42.5 Å². The summed E-state index contributed by atoms with van der Waals surface area (Å²) in [6.07, 6.45) is 3.78. The van der Waals surface area contributed by atoms with Crippen molar-refractivity contribution in [2.24, 2.45) is 16.8 Å². The van der Waals surface area contributed by atoms with E-state index in [1.807, 2.05) is 31.2 Å². The van der Waals surface area contributed by atoms with Crippen molar-refractivity contribution in [2.45, 2.75) is 39.0 Å². The molecule has 1 aliphatic carbocycles. The third-order valence-electron chi connectivity index (χ3n) is 5.89. The van der Waals surface area contributed by atoms with Gasteiger partial charge in [0.1, 0.15) is 0 Å². The fraction of sp³-hybridized carbons (Fsp3) is 0.524. The van der Waals surface area contributed by atoms with Gasteiger partial charge in [-0.05, 0) is 31.4 Å². The first-order valence-electron chi connectivity index (χ1n) is 9.99.